The van der Waals surface area contributed by atoms with E-state index < -0.39 is 22.4 Å². The van der Waals surface area contributed by atoms with Crippen LogP contribution < -0.4 is 10.9 Å². The monoisotopic (exact) mass is 433 g/mol. The molecule has 4 aromatic rings. The van der Waals surface area contributed by atoms with E-state index in [4.69, 9.17) is 0 Å². The number of amides is 1. The number of anilines is 1. The summed E-state index contributed by atoms with van der Waals surface area (Å²) in [6.07, 6.45) is 3.12. The number of thiazole rings is 1. The Kier molecular flexibility index (Phi) is 4.80. The number of carbonyl (C=O) groups is 1. The number of aromatic nitrogens is 6. The molecule has 0 aliphatic carbocycles. The van der Waals surface area contributed by atoms with E-state index >= 15 is 0 Å². The van der Waals surface area contributed by atoms with Gasteiger partial charge in [-0.3, -0.25) is 14.0 Å². The number of alkyl halides is 2. The highest BCUT2D eigenvalue weighted by Gasteiger charge is 2.31. The van der Waals surface area contributed by atoms with Gasteiger partial charge < -0.3 is 5.32 Å². The standard InChI is InChI=1S/C18H17F2N7O2S/c1-9(2)13-14-15(30-17(23-14)18(3,19)20)16(29)27(25-13)7-12(28)22-10-4-5-11-24-21-8-26(11)6-10/h4-6,8-9H,7H2,1-3H3,(H,22,28). The van der Waals surface area contributed by atoms with Crippen LogP contribution in [0.2, 0.25) is 0 Å². The maximum Gasteiger partial charge on any atom is 0.296 e. The van der Waals surface area contributed by atoms with E-state index in [1.165, 1.54) is 6.33 Å². The van der Waals surface area contributed by atoms with E-state index in [0.717, 1.165) is 11.6 Å². The van der Waals surface area contributed by atoms with Crippen LogP contribution in [0.25, 0.3) is 15.9 Å². The Morgan fingerprint density at radius 2 is 2.10 bits per heavy atom. The molecule has 4 rings (SSSR count). The van der Waals surface area contributed by atoms with Gasteiger partial charge in [-0.15, -0.1) is 21.5 Å². The number of rotatable bonds is 5. The molecule has 4 heterocycles. The van der Waals surface area contributed by atoms with Crippen molar-refractivity contribution in [2.75, 3.05) is 5.32 Å². The van der Waals surface area contributed by atoms with Gasteiger partial charge in [0, 0.05) is 13.1 Å². The maximum absolute atomic E-state index is 13.7. The van der Waals surface area contributed by atoms with E-state index in [2.05, 4.69) is 25.6 Å². The highest BCUT2D eigenvalue weighted by molar-refractivity contribution is 7.18. The van der Waals surface area contributed by atoms with Crippen LogP contribution in [0.15, 0.2) is 29.5 Å². The molecule has 0 fully saturated rings. The molecule has 1 amide bonds. The smallest absolute Gasteiger partial charge is 0.296 e. The van der Waals surface area contributed by atoms with Crippen molar-refractivity contribution in [3.05, 3.63) is 45.7 Å². The van der Waals surface area contributed by atoms with E-state index in [-0.39, 0.29) is 22.7 Å². The van der Waals surface area contributed by atoms with Crippen LogP contribution in [0, 0.1) is 0 Å². The van der Waals surface area contributed by atoms with E-state index in [9.17, 15) is 18.4 Å². The normalized spacial score (nSPS) is 12.2. The molecule has 0 saturated heterocycles. The number of nitrogens with one attached hydrogen (secondary N) is 1. The number of nitrogens with zero attached hydrogens (tertiary/aromatic N) is 6. The first-order valence-electron chi connectivity index (χ1n) is 9.02. The number of pyridine rings is 1. The van der Waals surface area contributed by atoms with Gasteiger partial charge in [-0.25, -0.2) is 9.67 Å². The van der Waals surface area contributed by atoms with Crippen molar-refractivity contribution in [1.82, 2.24) is 29.4 Å². The fourth-order valence-electron chi connectivity index (χ4n) is 2.90. The molecule has 0 bridgehead atoms. The van der Waals surface area contributed by atoms with Crippen LogP contribution in [0.3, 0.4) is 0 Å². The predicted molar refractivity (Wildman–Crippen MR) is 107 cm³/mol. The minimum atomic E-state index is -3.17. The van der Waals surface area contributed by atoms with Crippen molar-refractivity contribution in [3.8, 4) is 0 Å². The van der Waals surface area contributed by atoms with Crippen molar-refractivity contribution >= 4 is 38.8 Å². The lowest BCUT2D eigenvalue weighted by atomic mass is 10.1. The first-order valence-corrected chi connectivity index (χ1v) is 9.84. The van der Waals surface area contributed by atoms with Gasteiger partial charge in [0.1, 0.15) is 23.1 Å². The topological polar surface area (TPSA) is 107 Å². The Labute approximate surface area is 172 Å². The van der Waals surface area contributed by atoms with Gasteiger partial charge in [-0.05, 0) is 18.1 Å². The molecule has 0 unspecified atom stereocenters. The van der Waals surface area contributed by atoms with E-state index in [1.54, 1.807) is 22.7 Å². The summed E-state index contributed by atoms with van der Waals surface area (Å²) >= 11 is 0.627. The second kappa shape index (κ2) is 7.20. The lowest BCUT2D eigenvalue weighted by Crippen LogP contribution is -2.30. The molecular formula is C18H17F2N7O2S. The van der Waals surface area contributed by atoms with Gasteiger partial charge in [0.25, 0.3) is 11.5 Å². The SMILES string of the molecule is CC(C)c1nn(CC(=O)Nc2ccc3nncn3c2)c(=O)c2sc(C(C)(F)F)nc12. The average Bonchev–Trinajstić information content (AvgIpc) is 3.30. The second-order valence-electron chi connectivity index (χ2n) is 7.15. The molecule has 0 atom stereocenters. The molecule has 4 aromatic heterocycles. The number of hydrogen-bond donors (Lipinski definition) is 1. The molecule has 0 aliphatic heterocycles. The number of halogens is 2. The second-order valence-corrected chi connectivity index (χ2v) is 8.15. The van der Waals surface area contributed by atoms with E-state index in [0.29, 0.717) is 28.4 Å². The summed E-state index contributed by atoms with van der Waals surface area (Å²) in [5, 5.41) is 14.1. The molecule has 0 aromatic carbocycles. The summed E-state index contributed by atoms with van der Waals surface area (Å²) in [7, 11) is 0. The van der Waals surface area contributed by atoms with Crippen LogP contribution in [-0.4, -0.2) is 35.3 Å². The van der Waals surface area contributed by atoms with Gasteiger partial charge in [0.15, 0.2) is 10.7 Å². The Bertz CT molecular complexity index is 1320. The fourth-order valence-corrected chi connectivity index (χ4v) is 3.85. The minimum Gasteiger partial charge on any atom is -0.323 e. The molecule has 12 heteroatoms. The zero-order valence-corrected chi connectivity index (χ0v) is 17.1. The summed E-state index contributed by atoms with van der Waals surface area (Å²) < 4.78 is 30.2. The van der Waals surface area contributed by atoms with Crippen molar-refractivity contribution < 1.29 is 13.6 Å². The first-order chi connectivity index (χ1) is 14.1. The molecule has 0 saturated carbocycles. The lowest BCUT2D eigenvalue weighted by molar-refractivity contribution is -0.117. The summed E-state index contributed by atoms with van der Waals surface area (Å²) in [5.41, 5.74) is 1.01. The van der Waals surface area contributed by atoms with Gasteiger partial charge >= 0.3 is 0 Å². The molecule has 0 aliphatic rings. The average molecular weight is 433 g/mol. The van der Waals surface area contributed by atoms with Crippen molar-refractivity contribution in [2.24, 2.45) is 0 Å². The number of carbonyl (C=O) groups excluding carboxylic acids is 1. The maximum atomic E-state index is 13.7. The zero-order valence-electron chi connectivity index (χ0n) is 16.3. The molecule has 156 valence electrons. The minimum absolute atomic E-state index is 0.0592. The quantitative estimate of drug-likeness (QED) is 0.519. The third-order valence-electron chi connectivity index (χ3n) is 4.32. The van der Waals surface area contributed by atoms with Gasteiger partial charge in [0.2, 0.25) is 5.91 Å². The summed E-state index contributed by atoms with van der Waals surface area (Å²) in [6.45, 7) is 3.98. The highest BCUT2D eigenvalue weighted by atomic mass is 32.1. The summed E-state index contributed by atoms with van der Waals surface area (Å²) in [6, 6.07) is 3.33. The predicted octanol–water partition coefficient (Wildman–Crippen LogP) is 2.77. The van der Waals surface area contributed by atoms with E-state index in [1.807, 2.05) is 13.8 Å². The molecule has 30 heavy (non-hydrogen) atoms. The third-order valence-corrected chi connectivity index (χ3v) is 5.53. The van der Waals surface area contributed by atoms with Crippen molar-refractivity contribution in [3.63, 3.8) is 0 Å². The molecule has 0 spiro atoms. The zero-order chi connectivity index (χ0) is 21.6. The largest absolute Gasteiger partial charge is 0.323 e. The van der Waals surface area contributed by atoms with Crippen LogP contribution in [0.5, 0.6) is 0 Å². The molecule has 9 nitrogen and oxygen atoms in total. The third kappa shape index (κ3) is 3.65. The highest BCUT2D eigenvalue weighted by Crippen LogP contribution is 2.34. The summed E-state index contributed by atoms with van der Waals surface area (Å²) in [5.74, 6) is -3.84. The Morgan fingerprint density at radius 1 is 1.33 bits per heavy atom. The Morgan fingerprint density at radius 3 is 2.80 bits per heavy atom. The van der Waals surface area contributed by atoms with Gasteiger partial charge in [-0.1, -0.05) is 13.8 Å². The molecule has 1 N–H and O–H groups in total. The molecular weight excluding hydrogens is 416 g/mol. The summed E-state index contributed by atoms with van der Waals surface area (Å²) in [4.78, 5) is 29.3. The fraction of sp³-hybridized carbons (Fsp3) is 0.333. The van der Waals surface area contributed by atoms with Crippen LogP contribution in [0.1, 0.15) is 37.4 Å². The Balaban J connectivity index is 1.68. The van der Waals surface area contributed by atoms with Crippen molar-refractivity contribution in [1.29, 1.82) is 0 Å². The van der Waals surface area contributed by atoms with Gasteiger partial charge in [-0.2, -0.15) is 13.9 Å². The first kappa shape index (κ1) is 20.0. The van der Waals surface area contributed by atoms with Crippen LogP contribution >= 0.6 is 11.3 Å². The molecule has 0 radical (unpaired) electrons. The number of hydrogen-bond acceptors (Lipinski definition) is 7. The lowest BCUT2D eigenvalue weighted by Gasteiger charge is -2.11. The van der Waals surface area contributed by atoms with Crippen LogP contribution in [0.4, 0.5) is 14.5 Å². The Hall–Kier alpha value is -3.28. The number of fused-ring (bicyclic) bond motifs is 2. The van der Waals surface area contributed by atoms with Gasteiger partial charge in [0.05, 0.1) is 11.4 Å². The van der Waals surface area contributed by atoms with Crippen molar-refractivity contribution in [2.45, 2.75) is 39.2 Å². The van der Waals surface area contributed by atoms with Crippen LogP contribution in [-0.2, 0) is 17.3 Å².